The number of carbonyl (C=O) groups excluding carboxylic acids is 1. The summed E-state index contributed by atoms with van der Waals surface area (Å²) in [5.41, 5.74) is 7.89. The van der Waals surface area contributed by atoms with Crippen molar-refractivity contribution in [3.63, 3.8) is 0 Å². The number of nitrogens with one attached hydrogen (secondary N) is 2. The van der Waals surface area contributed by atoms with E-state index in [1.165, 1.54) is 11.1 Å². The first-order valence-electron chi connectivity index (χ1n) is 13.4. The highest BCUT2D eigenvalue weighted by Crippen LogP contribution is 2.38. The Bertz CT molecular complexity index is 1450. The molecule has 0 radical (unpaired) electrons. The molecule has 3 aromatic carbocycles. The normalized spacial score (nSPS) is 12.3. The van der Waals surface area contributed by atoms with Gasteiger partial charge in [0.25, 0.3) is 5.91 Å². The zero-order valence-corrected chi connectivity index (χ0v) is 23.6. The van der Waals surface area contributed by atoms with Crippen LogP contribution >= 0.6 is 12.4 Å². The Morgan fingerprint density at radius 1 is 0.897 bits per heavy atom. The van der Waals surface area contributed by atoms with E-state index in [1.54, 1.807) is 14.2 Å². The lowest BCUT2D eigenvalue weighted by molar-refractivity contribution is 0.102. The molecule has 204 valence electrons. The number of rotatable bonds is 9. The number of aryl methyl sites for hydroxylation is 2. The van der Waals surface area contributed by atoms with Crippen LogP contribution in [0.4, 0.5) is 17.1 Å². The highest BCUT2D eigenvalue weighted by atomic mass is 35.5. The molecule has 0 bridgehead atoms. The fourth-order valence-corrected chi connectivity index (χ4v) is 5.11. The Kier molecular flexibility index (Phi) is 9.31. The lowest BCUT2D eigenvalue weighted by atomic mass is 9.92. The summed E-state index contributed by atoms with van der Waals surface area (Å²) >= 11 is 0. The number of benzene rings is 3. The van der Waals surface area contributed by atoms with Crippen molar-refractivity contribution >= 4 is 46.3 Å². The van der Waals surface area contributed by atoms with Gasteiger partial charge in [0, 0.05) is 34.1 Å². The first-order chi connectivity index (χ1) is 18.6. The van der Waals surface area contributed by atoms with Gasteiger partial charge in [-0.1, -0.05) is 25.5 Å². The van der Waals surface area contributed by atoms with E-state index in [-0.39, 0.29) is 18.3 Å². The van der Waals surface area contributed by atoms with Gasteiger partial charge in [0.2, 0.25) is 0 Å². The van der Waals surface area contributed by atoms with Gasteiger partial charge >= 0.3 is 0 Å². The van der Waals surface area contributed by atoms with E-state index in [1.807, 2.05) is 60.7 Å². The summed E-state index contributed by atoms with van der Waals surface area (Å²) in [5.74, 6) is 1.23. The summed E-state index contributed by atoms with van der Waals surface area (Å²) < 4.78 is 10.9. The highest BCUT2D eigenvalue weighted by Gasteiger charge is 2.20. The van der Waals surface area contributed by atoms with Crippen LogP contribution in [0.25, 0.3) is 10.9 Å². The summed E-state index contributed by atoms with van der Waals surface area (Å²) in [6, 6.07) is 19.7. The van der Waals surface area contributed by atoms with Gasteiger partial charge in [0.1, 0.15) is 0 Å². The molecule has 0 saturated heterocycles. The van der Waals surface area contributed by atoms with Crippen molar-refractivity contribution in [1.82, 2.24) is 4.98 Å². The van der Waals surface area contributed by atoms with Gasteiger partial charge in [-0.3, -0.25) is 9.78 Å². The Morgan fingerprint density at radius 3 is 2.38 bits per heavy atom. The maximum atomic E-state index is 13.0. The fraction of sp³-hybridized carbons (Fsp3) is 0.312. The van der Waals surface area contributed by atoms with Gasteiger partial charge in [0.15, 0.2) is 11.5 Å². The highest BCUT2D eigenvalue weighted by molar-refractivity contribution is 6.06. The van der Waals surface area contributed by atoms with Crippen LogP contribution in [0.5, 0.6) is 11.5 Å². The third-order valence-electron chi connectivity index (χ3n) is 7.21. The number of carbonyl (C=O) groups is 1. The maximum Gasteiger partial charge on any atom is 0.255 e. The van der Waals surface area contributed by atoms with E-state index >= 15 is 0 Å². The standard InChI is InChI=1S/C32H35N3O3.ClH/c1-4-5-8-21-11-13-22(14-12-21)32(36)34-23-15-17-28-26(19-23)31(25-9-6-7-10-27(25)35-28)33-24-16-18-29(37-2)30(20-24)38-3;/h11-20H,4-10H2,1-3H3,(H,33,35)(H,34,36);1H. The van der Waals surface area contributed by atoms with Crippen molar-refractivity contribution in [2.24, 2.45) is 0 Å². The van der Waals surface area contributed by atoms with Gasteiger partial charge in [-0.15, -0.1) is 12.4 Å². The lowest BCUT2D eigenvalue weighted by Crippen LogP contribution is -2.13. The van der Waals surface area contributed by atoms with Crippen LogP contribution < -0.4 is 20.1 Å². The monoisotopic (exact) mass is 545 g/mol. The maximum absolute atomic E-state index is 13.0. The van der Waals surface area contributed by atoms with Crippen molar-refractivity contribution in [2.45, 2.75) is 51.9 Å². The minimum atomic E-state index is -0.119. The van der Waals surface area contributed by atoms with Crippen LogP contribution in [-0.4, -0.2) is 25.1 Å². The molecule has 0 aliphatic heterocycles. The van der Waals surface area contributed by atoms with Gasteiger partial charge in [0.05, 0.1) is 25.4 Å². The first-order valence-corrected chi connectivity index (χ1v) is 13.4. The molecule has 1 heterocycles. The second kappa shape index (κ2) is 12.9. The molecule has 1 amide bonds. The van der Waals surface area contributed by atoms with Crippen molar-refractivity contribution in [3.05, 3.63) is 83.0 Å². The number of hydrogen-bond acceptors (Lipinski definition) is 5. The summed E-state index contributed by atoms with van der Waals surface area (Å²) in [6.45, 7) is 2.19. The number of nitrogens with zero attached hydrogens (tertiary/aromatic N) is 1. The lowest BCUT2D eigenvalue weighted by Gasteiger charge is -2.22. The van der Waals surface area contributed by atoms with E-state index in [2.05, 4.69) is 17.6 Å². The summed E-state index contributed by atoms with van der Waals surface area (Å²) in [5, 5.41) is 7.71. The van der Waals surface area contributed by atoms with Crippen LogP contribution in [-0.2, 0) is 19.3 Å². The number of amides is 1. The second-order valence-electron chi connectivity index (χ2n) is 9.80. The van der Waals surface area contributed by atoms with E-state index in [4.69, 9.17) is 14.5 Å². The predicted octanol–water partition coefficient (Wildman–Crippen LogP) is 7.89. The SMILES string of the molecule is CCCCc1ccc(C(=O)Nc2ccc3nc4c(c(Nc5ccc(OC)c(OC)c5)c3c2)CCCC4)cc1.Cl. The molecular formula is C32H36ClN3O3. The number of pyridine rings is 1. The molecule has 7 heteroatoms. The average molecular weight is 546 g/mol. The second-order valence-corrected chi connectivity index (χ2v) is 9.80. The number of fused-ring (bicyclic) bond motifs is 2. The third kappa shape index (κ3) is 6.28. The summed E-state index contributed by atoms with van der Waals surface area (Å²) in [6.07, 6.45) is 7.56. The number of ether oxygens (including phenoxy) is 2. The number of unbranched alkanes of at least 4 members (excludes halogenated alkanes) is 1. The molecule has 5 rings (SSSR count). The van der Waals surface area contributed by atoms with E-state index < -0.39 is 0 Å². The smallest absolute Gasteiger partial charge is 0.255 e. The van der Waals surface area contributed by atoms with Crippen molar-refractivity contribution in [1.29, 1.82) is 0 Å². The number of anilines is 3. The molecule has 1 aliphatic rings. The molecule has 4 aromatic rings. The minimum Gasteiger partial charge on any atom is -0.493 e. The number of hydrogen-bond donors (Lipinski definition) is 2. The third-order valence-corrected chi connectivity index (χ3v) is 7.21. The largest absolute Gasteiger partial charge is 0.493 e. The Hall–Kier alpha value is -3.77. The molecule has 2 N–H and O–H groups in total. The van der Waals surface area contributed by atoms with Crippen LogP contribution in [0.3, 0.4) is 0 Å². The summed E-state index contributed by atoms with van der Waals surface area (Å²) in [7, 11) is 3.27. The number of halogens is 1. The van der Waals surface area contributed by atoms with E-state index in [0.717, 1.165) is 78.6 Å². The molecule has 0 atom stereocenters. The van der Waals surface area contributed by atoms with Gasteiger partial charge in [-0.2, -0.15) is 0 Å². The van der Waals surface area contributed by atoms with Crippen LogP contribution in [0, 0.1) is 0 Å². The van der Waals surface area contributed by atoms with Crippen LogP contribution in [0.15, 0.2) is 60.7 Å². The average Bonchev–Trinajstić information content (AvgIpc) is 2.96. The molecule has 0 spiro atoms. The summed E-state index contributed by atoms with van der Waals surface area (Å²) in [4.78, 5) is 18.0. The molecule has 0 saturated carbocycles. The predicted molar refractivity (Wildman–Crippen MR) is 161 cm³/mol. The molecule has 39 heavy (non-hydrogen) atoms. The van der Waals surface area contributed by atoms with Gasteiger partial charge < -0.3 is 20.1 Å². The molecular weight excluding hydrogens is 510 g/mol. The van der Waals surface area contributed by atoms with E-state index in [0.29, 0.717) is 17.1 Å². The van der Waals surface area contributed by atoms with Crippen LogP contribution in [0.2, 0.25) is 0 Å². The Morgan fingerprint density at radius 2 is 1.64 bits per heavy atom. The van der Waals surface area contributed by atoms with E-state index in [9.17, 15) is 4.79 Å². The quantitative estimate of drug-likeness (QED) is 0.224. The number of aromatic nitrogens is 1. The van der Waals surface area contributed by atoms with Gasteiger partial charge in [-0.05, 0) is 92.1 Å². The van der Waals surface area contributed by atoms with Crippen molar-refractivity contribution < 1.29 is 14.3 Å². The van der Waals surface area contributed by atoms with Crippen LogP contribution in [0.1, 0.15) is 59.8 Å². The minimum absolute atomic E-state index is 0. The Balaban J connectivity index is 0.00000353. The molecule has 1 aromatic heterocycles. The van der Waals surface area contributed by atoms with Crippen molar-refractivity contribution in [3.8, 4) is 11.5 Å². The number of methoxy groups -OCH3 is 2. The zero-order valence-electron chi connectivity index (χ0n) is 22.8. The van der Waals surface area contributed by atoms with Crippen molar-refractivity contribution in [2.75, 3.05) is 24.9 Å². The Labute approximate surface area is 236 Å². The topological polar surface area (TPSA) is 72.5 Å². The fourth-order valence-electron chi connectivity index (χ4n) is 5.11. The molecule has 0 fully saturated rings. The first kappa shape index (κ1) is 28.2. The molecule has 6 nitrogen and oxygen atoms in total. The van der Waals surface area contributed by atoms with Gasteiger partial charge in [-0.25, -0.2) is 0 Å². The molecule has 0 unspecified atom stereocenters. The molecule has 1 aliphatic carbocycles. The zero-order chi connectivity index (χ0) is 26.5.